The lowest BCUT2D eigenvalue weighted by atomic mass is 10.3. The summed E-state index contributed by atoms with van der Waals surface area (Å²) in [6, 6.07) is 0.454. The van der Waals surface area contributed by atoms with Crippen molar-refractivity contribution in [1.82, 2.24) is 13.9 Å². The maximum absolute atomic E-state index is 11.7. The van der Waals surface area contributed by atoms with Crippen LogP contribution >= 0.6 is 0 Å². The molecule has 1 aliphatic rings. The van der Waals surface area contributed by atoms with Crippen molar-refractivity contribution in [1.29, 1.82) is 0 Å². The van der Waals surface area contributed by atoms with E-state index in [1.54, 1.807) is 0 Å². The first kappa shape index (κ1) is 13.9. The smallest absolute Gasteiger partial charge is 0.279 e. The number of nitrogens with one attached hydrogen (secondary N) is 1. The number of aliphatic hydroxyl groups is 1. The second-order valence-electron chi connectivity index (χ2n) is 4.15. The zero-order valence-corrected chi connectivity index (χ0v) is 10.7. The topological polar surface area (TPSA) is 72.9 Å². The van der Waals surface area contributed by atoms with Gasteiger partial charge in [0.25, 0.3) is 10.2 Å². The van der Waals surface area contributed by atoms with E-state index in [-0.39, 0.29) is 13.2 Å². The molecule has 0 atom stereocenters. The summed E-state index contributed by atoms with van der Waals surface area (Å²) in [7, 11) is -3.40. The molecule has 0 aromatic heterocycles. The summed E-state index contributed by atoms with van der Waals surface area (Å²) < 4.78 is 27.2. The Balaban J connectivity index is 2.47. The van der Waals surface area contributed by atoms with Crippen LogP contribution in [0.15, 0.2) is 0 Å². The van der Waals surface area contributed by atoms with E-state index in [4.69, 9.17) is 5.11 Å². The minimum absolute atomic E-state index is 0.0761. The SMILES string of the molecule is CC(C)N1CCN(S(=O)(=O)NCCO)CC1. The largest absolute Gasteiger partial charge is 0.395 e. The number of hydrogen-bond acceptors (Lipinski definition) is 4. The van der Waals surface area contributed by atoms with Crippen LogP contribution in [0.4, 0.5) is 0 Å². The zero-order chi connectivity index (χ0) is 12.2. The van der Waals surface area contributed by atoms with Crippen LogP contribution in [-0.2, 0) is 10.2 Å². The Morgan fingerprint density at radius 2 is 1.81 bits per heavy atom. The van der Waals surface area contributed by atoms with E-state index in [0.717, 1.165) is 13.1 Å². The fraction of sp³-hybridized carbons (Fsp3) is 1.00. The zero-order valence-electron chi connectivity index (χ0n) is 9.89. The van der Waals surface area contributed by atoms with Crippen molar-refractivity contribution in [2.75, 3.05) is 39.3 Å². The molecule has 1 fully saturated rings. The number of piperazine rings is 1. The van der Waals surface area contributed by atoms with Crippen molar-refractivity contribution in [3.05, 3.63) is 0 Å². The highest BCUT2D eigenvalue weighted by atomic mass is 32.2. The molecule has 2 N–H and O–H groups in total. The monoisotopic (exact) mass is 251 g/mol. The molecule has 96 valence electrons. The maximum Gasteiger partial charge on any atom is 0.279 e. The second kappa shape index (κ2) is 5.92. The summed E-state index contributed by atoms with van der Waals surface area (Å²) in [6.07, 6.45) is 0. The van der Waals surface area contributed by atoms with E-state index in [0.29, 0.717) is 19.1 Å². The van der Waals surface area contributed by atoms with Crippen LogP contribution in [0, 0.1) is 0 Å². The van der Waals surface area contributed by atoms with Gasteiger partial charge >= 0.3 is 0 Å². The standard InChI is InChI=1S/C9H21N3O3S/c1-9(2)11-4-6-12(7-5-11)16(14,15)10-3-8-13/h9-10,13H,3-8H2,1-2H3. The normalized spacial score (nSPS) is 20.5. The molecule has 0 bridgehead atoms. The highest BCUT2D eigenvalue weighted by Crippen LogP contribution is 2.08. The number of rotatable bonds is 5. The minimum Gasteiger partial charge on any atom is -0.395 e. The van der Waals surface area contributed by atoms with E-state index in [9.17, 15) is 8.42 Å². The molecule has 0 radical (unpaired) electrons. The third kappa shape index (κ3) is 3.67. The van der Waals surface area contributed by atoms with Crippen molar-refractivity contribution in [3.63, 3.8) is 0 Å². The summed E-state index contributed by atoms with van der Waals surface area (Å²) in [5.41, 5.74) is 0. The summed E-state index contributed by atoms with van der Waals surface area (Å²) in [4.78, 5) is 2.25. The Hall–Kier alpha value is -0.210. The van der Waals surface area contributed by atoms with E-state index in [1.165, 1.54) is 4.31 Å². The maximum atomic E-state index is 11.7. The predicted octanol–water partition coefficient (Wildman–Crippen LogP) is -1.16. The van der Waals surface area contributed by atoms with Crippen LogP contribution < -0.4 is 4.72 Å². The summed E-state index contributed by atoms with van der Waals surface area (Å²) >= 11 is 0. The van der Waals surface area contributed by atoms with Gasteiger partial charge in [-0.3, -0.25) is 4.90 Å². The van der Waals surface area contributed by atoms with Gasteiger partial charge in [0.15, 0.2) is 0 Å². The predicted molar refractivity (Wildman–Crippen MR) is 62.3 cm³/mol. The van der Waals surface area contributed by atoms with E-state index in [1.807, 2.05) is 0 Å². The van der Waals surface area contributed by atoms with Gasteiger partial charge in [-0.05, 0) is 13.8 Å². The molecular formula is C9H21N3O3S. The van der Waals surface area contributed by atoms with Gasteiger partial charge in [-0.1, -0.05) is 0 Å². The van der Waals surface area contributed by atoms with Crippen molar-refractivity contribution in [2.24, 2.45) is 0 Å². The molecule has 1 aliphatic heterocycles. The van der Waals surface area contributed by atoms with Gasteiger partial charge in [0.2, 0.25) is 0 Å². The fourth-order valence-electron chi connectivity index (χ4n) is 1.73. The fourth-order valence-corrected chi connectivity index (χ4v) is 2.90. The molecule has 7 heteroatoms. The lowest BCUT2D eigenvalue weighted by Gasteiger charge is -2.36. The lowest BCUT2D eigenvalue weighted by molar-refractivity contribution is 0.153. The van der Waals surface area contributed by atoms with Gasteiger partial charge in [-0.2, -0.15) is 17.4 Å². The molecule has 0 aliphatic carbocycles. The van der Waals surface area contributed by atoms with Gasteiger partial charge in [-0.15, -0.1) is 0 Å². The Bertz CT molecular complexity index is 297. The Morgan fingerprint density at radius 3 is 2.25 bits per heavy atom. The van der Waals surface area contributed by atoms with Crippen LogP contribution in [0.25, 0.3) is 0 Å². The first-order valence-corrected chi connectivity index (χ1v) is 7.01. The van der Waals surface area contributed by atoms with Gasteiger partial charge in [-0.25, -0.2) is 0 Å². The quantitative estimate of drug-likeness (QED) is 0.646. The number of hydrogen-bond donors (Lipinski definition) is 2. The molecule has 1 saturated heterocycles. The van der Waals surface area contributed by atoms with Crippen LogP contribution in [0.2, 0.25) is 0 Å². The van der Waals surface area contributed by atoms with Gasteiger partial charge < -0.3 is 5.11 Å². The Kier molecular flexibility index (Phi) is 5.13. The Morgan fingerprint density at radius 1 is 1.25 bits per heavy atom. The molecule has 1 heterocycles. The highest BCUT2D eigenvalue weighted by molar-refractivity contribution is 7.87. The number of aliphatic hydroxyl groups excluding tert-OH is 1. The van der Waals surface area contributed by atoms with Crippen LogP contribution in [0.3, 0.4) is 0 Å². The molecule has 0 amide bonds. The molecule has 0 aromatic rings. The summed E-state index contributed by atoms with van der Waals surface area (Å²) in [5, 5.41) is 8.59. The Labute approximate surface area is 97.4 Å². The molecular weight excluding hydrogens is 230 g/mol. The van der Waals surface area contributed by atoms with Gasteiger partial charge in [0, 0.05) is 38.8 Å². The average molecular weight is 251 g/mol. The van der Waals surface area contributed by atoms with Crippen molar-refractivity contribution in [3.8, 4) is 0 Å². The van der Waals surface area contributed by atoms with E-state index >= 15 is 0 Å². The molecule has 1 rings (SSSR count). The van der Waals surface area contributed by atoms with Crippen LogP contribution in [0.1, 0.15) is 13.8 Å². The summed E-state index contributed by atoms with van der Waals surface area (Å²) in [5.74, 6) is 0. The van der Waals surface area contributed by atoms with Gasteiger partial charge in [0.1, 0.15) is 0 Å². The molecule has 16 heavy (non-hydrogen) atoms. The van der Waals surface area contributed by atoms with E-state index in [2.05, 4.69) is 23.5 Å². The first-order chi connectivity index (χ1) is 7.47. The molecule has 0 aromatic carbocycles. The number of nitrogens with zero attached hydrogens (tertiary/aromatic N) is 2. The van der Waals surface area contributed by atoms with Crippen LogP contribution in [0.5, 0.6) is 0 Å². The molecule has 0 spiro atoms. The highest BCUT2D eigenvalue weighted by Gasteiger charge is 2.26. The third-order valence-corrected chi connectivity index (χ3v) is 4.35. The summed E-state index contributed by atoms with van der Waals surface area (Å²) in [6.45, 7) is 6.66. The minimum atomic E-state index is -3.40. The van der Waals surface area contributed by atoms with Crippen LogP contribution in [-0.4, -0.2) is 68.1 Å². The van der Waals surface area contributed by atoms with Gasteiger partial charge in [0.05, 0.1) is 6.61 Å². The average Bonchev–Trinajstić information content (AvgIpc) is 2.26. The first-order valence-electron chi connectivity index (χ1n) is 5.57. The van der Waals surface area contributed by atoms with Crippen molar-refractivity contribution >= 4 is 10.2 Å². The molecule has 6 nitrogen and oxygen atoms in total. The van der Waals surface area contributed by atoms with Crippen molar-refractivity contribution < 1.29 is 13.5 Å². The second-order valence-corrected chi connectivity index (χ2v) is 5.91. The van der Waals surface area contributed by atoms with Crippen molar-refractivity contribution in [2.45, 2.75) is 19.9 Å². The third-order valence-electron chi connectivity index (χ3n) is 2.74. The lowest BCUT2D eigenvalue weighted by Crippen LogP contribution is -2.53. The molecule has 0 saturated carbocycles. The van der Waals surface area contributed by atoms with E-state index < -0.39 is 10.2 Å². The molecule has 0 unspecified atom stereocenters.